The molecule has 2 aromatic heterocycles. The summed E-state index contributed by atoms with van der Waals surface area (Å²) in [6, 6.07) is 0.129. The van der Waals surface area contributed by atoms with E-state index in [-0.39, 0.29) is 12.0 Å². The highest BCUT2D eigenvalue weighted by atomic mass is 16.5. The molecule has 7 nitrogen and oxygen atoms in total. The maximum Gasteiger partial charge on any atom is 0.307 e. The number of hydrogen-bond donors (Lipinski definition) is 0. The fourth-order valence-corrected chi connectivity index (χ4v) is 2.95. The molecule has 0 spiro atoms. The van der Waals surface area contributed by atoms with Crippen LogP contribution in [0, 0.1) is 0 Å². The van der Waals surface area contributed by atoms with E-state index in [1.165, 1.54) is 7.11 Å². The van der Waals surface area contributed by atoms with Crippen LogP contribution in [0.3, 0.4) is 0 Å². The molecule has 112 valence electrons. The number of piperidine rings is 1. The van der Waals surface area contributed by atoms with Gasteiger partial charge in [0, 0.05) is 19.6 Å². The molecule has 0 saturated carbocycles. The van der Waals surface area contributed by atoms with Gasteiger partial charge in [-0.25, -0.2) is 9.97 Å². The molecular weight excluding hydrogens is 270 g/mol. The van der Waals surface area contributed by atoms with E-state index in [1.54, 1.807) is 17.2 Å². The number of fused-ring (bicyclic) bond motifs is 1. The molecule has 1 unspecified atom stereocenters. The lowest BCUT2D eigenvalue weighted by molar-refractivity contribution is -0.141. The predicted molar refractivity (Wildman–Crippen MR) is 77.9 cm³/mol. The van der Waals surface area contributed by atoms with E-state index < -0.39 is 0 Å². The monoisotopic (exact) mass is 289 g/mol. The second kappa shape index (κ2) is 5.67. The first-order valence-electron chi connectivity index (χ1n) is 7.17. The van der Waals surface area contributed by atoms with Gasteiger partial charge in [0.25, 0.3) is 0 Å². The maximum atomic E-state index is 11.6. The van der Waals surface area contributed by atoms with Gasteiger partial charge in [0.2, 0.25) is 0 Å². The van der Waals surface area contributed by atoms with Crippen LogP contribution in [-0.2, 0) is 16.6 Å². The van der Waals surface area contributed by atoms with Crippen molar-refractivity contribution in [3.63, 3.8) is 0 Å². The molecule has 2 aromatic rings. The average Bonchev–Trinajstić information content (AvgIpc) is 2.89. The fourth-order valence-electron chi connectivity index (χ4n) is 2.95. The van der Waals surface area contributed by atoms with Crippen LogP contribution in [0.15, 0.2) is 12.5 Å². The molecule has 3 rings (SSSR count). The Hall–Kier alpha value is -2.18. The van der Waals surface area contributed by atoms with Gasteiger partial charge in [-0.3, -0.25) is 9.48 Å². The molecular formula is C14H19N5O2. The van der Waals surface area contributed by atoms with Crippen molar-refractivity contribution in [3.05, 3.63) is 12.5 Å². The second-order valence-corrected chi connectivity index (χ2v) is 5.33. The number of anilines is 1. The van der Waals surface area contributed by atoms with Crippen molar-refractivity contribution in [3.8, 4) is 0 Å². The number of esters is 1. The Kier molecular flexibility index (Phi) is 3.72. The maximum absolute atomic E-state index is 11.6. The highest BCUT2D eigenvalue weighted by molar-refractivity contribution is 5.87. The lowest BCUT2D eigenvalue weighted by Crippen LogP contribution is -2.41. The van der Waals surface area contributed by atoms with Crippen molar-refractivity contribution >= 4 is 22.8 Å². The molecule has 0 N–H and O–H groups in total. The zero-order valence-electron chi connectivity index (χ0n) is 12.3. The Labute approximate surface area is 122 Å². The number of aryl methyl sites for hydroxylation is 1. The molecule has 1 aliphatic rings. The summed E-state index contributed by atoms with van der Waals surface area (Å²) in [5.41, 5.74) is 0.808. The minimum atomic E-state index is -0.177. The van der Waals surface area contributed by atoms with Crippen molar-refractivity contribution in [1.29, 1.82) is 0 Å². The normalized spacial score (nSPS) is 19.0. The van der Waals surface area contributed by atoms with Crippen LogP contribution >= 0.6 is 0 Å². The van der Waals surface area contributed by atoms with Crippen LogP contribution < -0.4 is 4.90 Å². The number of carbonyl (C=O) groups is 1. The Morgan fingerprint density at radius 2 is 2.29 bits per heavy atom. The van der Waals surface area contributed by atoms with Gasteiger partial charge in [0.1, 0.15) is 12.1 Å². The summed E-state index contributed by atoms with van der Waals surface area (Å²) in [4.78, 5) is 22.5. The lowest BCUT2D eigenvalue weighted by atomic mass is 9.99. The molecule has 1 saturated heterocycles. The Morgan fingerprint density at radius 1 is 1.43 bits per heavy atom. The van der Waals surface area contributed by atoms with Crippen LogP contribution in [0.2, 0.25) is 0 Å². The van der Waals surface area contributed by atoms with E-state index in [1.807, 2.05) is 7.05 Å². The Balaban J connectivity index is 1.96. The van der Waals surface area contributed by atoms with Gasteiger partial charge in [0.05, 0.1) is 25.1 Å². The second-order valence-electron chi connectivity index (χ2n) is 5.33. The minimum Gasteiger partial charge on any atom is -0.469 e. The lowest BCUT2D eigenvalue weighted by Gasteiger charge is -2.36. The number of methoxy groups -OCH3 is 1. The third kappa shape index (κ3) is 2.55. The van der Waals surface area contributed by atoms with Gasteiger partial charge >= 0.3 is 5.97 Å². The van der Waals surface area contributed by atoms with E-state index in [4.69, 9.17) is 4.74 Å². The summed E-state index contributed by atoms with van der Waals surface area (Å²) >= 11 is 0. The molecule has 1 fully saturated rings. The van der Waals surface area contributed by atoms with E-state index in [2.05, 4.69) is 20.0 Å². The molecule has 3 heterocycles. The summed E-state index contributed by atoms with van der Waals surface area (Å²) < 4.78 is 6.55. The van der Waals surface area contributed by atoms with Gasteiger partial charge in [0.15, 0.2) is 5.65 Å². The highest BCUT2D eigenvalue weighted by Gasteiger charge is 2.28. The highest BCUT2D eigenvalue weighted by Crippen LogP contribution is 2.29. The third-order valence-corrected chi connectivity index (χ3v) is 4.04. The average molecular weight is 289 g/mol. The molecule has 21 heavy (non-hydrogen) atoms. The van der Waals surface area contributed by atoms with Gasteiger partial charge < -0.3 is 9.64 Å². The molecule has 1 atom stereocenters. The summed E-state index contributed by atoms with van der Waals surface area (Å²) in [6.07, 6.45) is 6.93. The number of ether oxygens (including phenoxy) is 1. The largest absolute Gasteiger partial charge is 0.469 e. The first-order valence-corrected chi connectivity index (χ1v) is 7.17. The third-order valence-electron chi connectivity index (χ3n) is 4.04. The fraction of sp³-hybridized carbons (Fsp3) is 0.571. The Bertz CT molecular complexity index is 654. The molecule has 0 radical (unpaired) electrons. The van der Waals surface area contributed by atoms with Crippen LogP contribution in [0.1, 0.15) is 25.7 Å². The quantitative estimate of drug-likeness (QED) is 0.793. The molecule has 0 aromatic carbocycles. The standard InChI is InChI=1S/C14H19N5O2/c1-18-13-11(8-17-18)14(16-9-15-13)19-6-4-3-5-10(19)7-12(20)21-2/h8-10H,3-7H2,1-2H3. The van der Waals surface area contributed by atoms with Gasteiger partial charge in [-0.05, 0) is 19.3 Å². The zero-order valence-corrected chi connectivity index (χ0v) is 12.3. The Morgan fingerprint density at radius 3 is 3.10 bits per heavy atom. The van der Waals surface area contributed by atoms with Gasteiger partial charge in [-0.1, -0.05) is 0 Å². The number of rotatable bonds is 3. The SMILES string of the molecule is COC(=O)CC1CCCCN1c1ncnc2c1cnn2C. The zero-order chi connectivity index (χ0) is 14.8. The summed E-state index contributed by atoms with van der Waals surface area (Å²) in [5, 5.41) is 5.18. The molecule has 7 heteroatoms. The topological polar surface area (TPSA) is 73.1 Å². The van der Waals surface area contributed by atoms with E-state index in [0.717, 1.165) is 42.7 Å². The molecule has 0 bridgehead atoms. The first-order chi connectivity index (χ1) is 10.2. The van der Waals surface area contributed by atoms with Gasteiger partial charge in [-0.2, -0.15) is 5.10 Å². The first kappa shape index (κ1) is 13.8. The van der Waals surface area contributed by atoms with E-state index in [0.29, 0.717) is 6.42 Å². The van der Waals surface area contributed by atoms with Gasteiger partial charge in [-0.15, -0.1) is 0 Å². The van der Waals surface area contributed by atoms with Crippen molar-refractivity contribution < 1.29 is 9.53 Å². The predicted octanol–water partition coefficient (Wildman–Crippen LogP) is 1.29. The van der Waals surface area contributed by atoms with Crippen LogP contribution in [-0.4, -0.2) is 45.4 Å². The number of aromatic nitrogens is 4. The van der Waals surface area contributed by atoms with Crippen LogP contribution in [0.5, 0.6) is 0 Å². The van der Waals surface area contributed by atoms with E-state index in [9.17, 15) is 4.79 Å². The molecule has 0 aliphatic carbocycles. The summed E-state index contributed by atoms with van der Waals surface area (Å²) in [5.74, 6) is 0.685. The van der Waals surface area contributed by atoms with Crippen molar-refractivity contribution in [2.75, 3.05) is 18.6 Å². The van der Waals surface area contributed by atoms with Crippen molar-refractivity contribution in [1.82, 2.24) is 19.7 Å². The molecule has 0 amide bonds. The summed E-state index contributed by atoms with van der Waals surface area (Å²) in [7, 11) is 3.29. The van der Waals surface area contributed by atoms with Crippen molar-refractivity contribution in [2.45, 2.75) is 31.7 Å². The summed E-state index contributed by atoms with van der Waals surface area (Å²) in [6.45, 7) is 0.892. The number of nitrogens with zero attached hydrogens (tertiary/aromatic N) is 5. The number of carbonyl (C=O) groups excluding carboxylic acids is 1. The smallest absolute Gasteiger partial charge is 0.307 e. The van der Waals surface area contributed by atoms with E-state index >= 15 is 0 Å². The number of hydrogen-bond acceptors (Lipinski definition) is 6. The molecule has 1 aliphatic heterocycles. The van der Waals surface area contributed by atoms with Crippen LogP contribution in [0.25, 0.3) is 11.0 Å². The van der Waals surface area contributed by atoms with Crippen molar-refractivity contribution in [2.24, 2.45) is 7.05 Å². The minimum absolute atomic E-state index is 0.129. The van der Waals surface area contributed by atoms with Crippen LogP contribution in [0.4, 0.5) is 5.82 Å².